The van der Waals surface area contributed by atoms with Crippen molar-refractivity contribution >= 4 is 23.5 Å². The van der Waals surface area contributed by atoms with Crippen LogP contribution in [-0.2, 0) is 15.7 Å². The highest BCUT2D eigenvalue weighted by atomic mass is 35.5. The summed E-state index contributed by atoms with van der Waals surface area (Å²) in [5, 5.41) is 3.08. The van der Waals surface area contributed by atoms with Gasteiger partial charge in [-0.05, 0) is 36.8 Å². The van der Waals surface area contributed by atoms with Crippen LogP contribution in [0.4, 0.5) is 13.2 Å². The Labute approximate surface area is 152 Å². The number of hydrogen-bond donors (Lipinski definition) is 1. The fourth-order valence-corrected chi connectivity index (χ4v) is 2.46. The highest BCUT2D eigenvalue weighted by Crippen LogP contribution is 2.32. The van der Waals surface area contributed by atoms with Gasteiger partial charge in [-0.25, -0.2) is 4.79 Å². The minimum absolute atomic E-state index is 0.414. The Balaban J connectivity index is 1.96. The number of hydrogen-bond acceptors (Lipinski definition) is 3. The van der Waals surface area contributed by atoms with Crippen LogP contribution in [0.2, 0.25) is 5.02 Å². The summed E-state index contributed by atoms with van der Waals surface area (Å²) in [5.74, 6) is -1.86. The first kappa shape index (κ1) is 19.8. The van der Waals surface area contributed by atoms with Crippen LogP contribution in [0, 0.1) is 0 Å². The van der Waals surface area contributed by atoms with Crippen molar-refractivity contribution in [2.24, 2.45) is 0 Å². The number of esters is 1. The maximum Gasteiger partial charge on any atom is 0.417 e. The maximum absolute atomic E-state index is 12.9. The van der Waals surface area contributed by atoms with Gasteiger partial charge in [0.15, 0.2) is 6.61 Å². The number of carbonyl (C=O) groups is 2. The molecule has 4 nitrogen and oxygen atoms in total. The molecule has 0 saturated carbocycles. The molecular formula is C18H15ClF3NO3. The lowest BCUT2D eigenvalue weighted by atomic mass is 10.1. The SMILES string of the molecule is C[C@H](NC(=O)COC(=O)c1ccccc1C(F)(F)F)c1cccc(Cl)c1. The average molecular weight is 386 g/mol. The minimum atomic E-state index is -4.70. The van der Waals surface area contributed by atoms with Gasteiger partial charge in [0.25, 0.3) is 5.91 Å². The zero-order valence-corrected chi connectivity index (χ0v) is 14.4. The molecule has 1 amide bonds. The van der Waals surface area contributed by atoms with Gasteiger partial charge < -0.3 is 10.1 Å². The number of rotatable bonds is 5. The molecule has 1 N–H and O–H groups in total. The average Bonchev–Trinajstić information content (AvgIpc) is 2.59. The van der Waals surface area contributed by atoms with Crippen LogP contribution < -0.4 is 5.32 Å². The third-order valence-corrected chi connectivity index (χ3v) is 3.75. The molecule has 0 aliphatic rings. The molecule has 8 heteroatoms. The van der Waals surface area contributed by atoms with Crippen LogP contribution in [0.5, 0.6) is 0 Å². The molecule has 0 radical (unpaired) electrons. The largest absolute Gasteiger partial charge is 0.452 e. The number of ether oxygens (including phenoxy) is 1. The van der Waals surface area contributed by atoms with E-state index in [1.165, 1.54) is 12.1 Å². The normalized spacial score (nSPS) is 12.3. The summed E-state index contributed by atoms with van der Waals surface area (Å²) in [7, 11) is 0. The molecule has 1 atom stereocenters. The number of nitrogens with one attached hydrogen (secondary N) is 1. The predicted octanol–water partition coefficient (Wildman–Crippen LogP) is 4.39. The van der Waals surface area contributed by atoms with Gasteiger partial charge >= 0.3 is 12.1 Å². The first-order valence-corrected chi connectivity index (χ1v) is 7.94. The quantitative estimate of drug-likeness (QED) is 0.776. The highest BCUT2D eigenvalue weighted by Gasteiger charge is 2.35. The Morgan fingerprint density at radius 2 is 1.85 bits per heavy atom. The van der Waals surface area contributed by atoms with E-state index in [1.54, 1.807) is 31.2 Å². The van der Waals surface area contributed by atoms with Crippen LogP contribution in [0.1, 0.15) is 34.5 Å². The van der Waals surface area contributed by atoms with Gasteiger partial charge in [-0.15, -0.1) is 0 Å². The predicted molar refractivity (Wildman–Crippen MR) is 89.7 cm³/mol. The van der Waals surface area contributed by atoms with Crippen LogP contribution in [-0.4, -0.2) is 18.5 Å². The van der Waals surface area contributed by atoms with Crippen molar-refractivity contribution in [1.82, 2.24) is 5.32 Å². The topological polar surface area (TPSA) is 55.4 Å². The summed E-state index contributed by atoms with van der Waals surface area (Å²) in [5.41, 5.74) is -1.02. The van der Waals surface area contributed by atoms with E-state index in [0.29, 0.717) is 5.02 Å². The number of benzene rings is 2. The second-order valence-electron chi connectivity index (χ2n) is 5.46. The molecule has 0 unspecified atom stereocenters. The monoisotopic (exact) mass is 385 g/mol. The summed E-state index contributed by atoms with van der Waals surface area (Å²) in [4.78, 5) is 23.8. The van der Waals surface area contributed by atoms with E-state index in [4.69, 9.17) is 16.3 Å². The molecule has 0 spiro atoms. The van der Waals surface area contributed by atoms with E-state index in [2.05, 4.69) is 5.32 Å². The molecular weight excluding hydrogens is 371 g/mol. The van der Waals surface area contributed by atoms with Gasteiger partial charge in [0.05, 0.1) is 17.2 Å². The van der Waals surface area contributed by atoms with Crippen molar-refractivity contribution in [2.75, 3.05) is 6.61 Å². The minimum Gasteiger partial charge on any atom is -0.452 e. The molecule has 138 valence electrons. The van der Waals surface area contributed by atoms with E-state index < -0.39 is 41.8 Å². The molecule has 2 rings (SSSR count). The fourth-order valence-electron chi connectivity index (χ4n) is 2.26. The Bertz CT molecular complexity index is 808. The first-order chi connectivity index (χ1) is 12.2. The lowest BCUT2D eigenvalue weighted by Crippen LogP contribution is -2.31. The molecule has 26 heavy (non-hydrogen) atoms. The van der Waals surface area contributed by atoms with E-state index in [-0.39, 0.29) is 0 Å². The molecule has 2 aromatic rings. The van der Waals surface area contributed by atoms with Gasteiger partial charge in [0, 0.05) is 5.02 Å². The smallest absolute Gasteiger partial charge is 0.417 e. The van der Waals surface area contributed by atoms with Gasteiger partial charge in [0.2, 0.25) is 0 Å². The summed E-state index contributed by atoms with van der Waals surface area (Å²) in [6, 6.07) is 10.6. The Morgan fingerprint density at radius 3 is 2.50 bits per heavy atom. The molecule has 0 aromatic heterocycles. The summed E-state index contributed by atoms with van der Waals surface area (Å²) in [6.45, 7) is 1.00. The lowest BCUT2D eigenvalue weighted by molar-refractivity contribution is -0.138. The summed E-state index contributed by atoms with van der Waals surface area (Å²) < 4.78 is 43.4. The first-order valence-electron chi connectivity index (χ1n) is 7.56. The van der Waals surface area contributed by atoms with E-state index in [1.807, 2.05) is 0 Å². The molecule has 0 aliphatic carbocycles. The van der Waals surface area contributed by atoms with Crippen LogP contribution in [0.15, 0.2) is 48.5 Å². The van der Waals surface area contributed by atoms with Crippen molar-refractivity contribution in [2.45, 2.75) is 19.1 Å². The number of amides is 1. The van der Waals surface area contributed by atoms with Crippen LogP contribution in [0.3, 0.4) is 0 Å². The highest BCUT2D eigenvalue weighted by molar-refractivity contribution is 6.30. The third kappa shape index (κ3) is 5.23. The number of carbonyl (C=O) groups excluding carboxylic acids is 2. The Morgan fingerprint density at radius 1 is 1.15 bits per heavy atom. The van der Waals surface area contributed by atoms with Gasteiger partial charge in [-0.2, -0.15) is 13.2 Å². The van der Waals surface area contributed by atoms with Crippen molar-refractivity contribution < 1.29 is 27.5 Å². The Hall–Kier alpha value is -2.54. The second kappa shape index (κ2) is 8.23. The van der Waals surface area contributed by atoms with Crippen molar-refractivity contribution in [3.05, 3.63) is 70.2 Å². The maximum atomic E-state index is 12.9. The molecule has 2 aromatic carbocycles. The summed E-state index contributed by atoms with van der Waals surface area (Å²) >= 11 is 5.87. The van der Waals surface area contributed by atoms with Gasteiger partial charge in [-0.3, -0.25) is 4.79 Å². The van der Waals surface area contributed by atoms with Crippen molar-refractivity contribution in [1.29, 1.82) is 0 Å². The second-order valence-corrected chi connectivity index (χ2v) is 5.90. The van der Waals surface area contributed by atoms with E-state index >= 15 is 0 Å². The zero-order chi connectivity index (χ0) is 19.3. The van der Waals surface area contributed by atoms with Crippen molar-refractivity contribution in [3.8, 4) is 0 Å². The molecule has 0 heterocycles. The molecule has 0 aliphatic heterocycles. The zero-order valence-electron chi connectivity index (χ0n) is 13.6. The standard InChI is InChI=1S/C18H15ClF3NO3/c1-11(12-5-4-6-13(19)9-12)23-16(24)10-26-17(25)14-7-2-3-8-15(14)18(20,21)22/h2-9,11H,10H2,1H3,(H,23,24)/t11-/m0/s1. The van der Waals surface area contributed by atoms with Gasteiger partial charge in [0.1, 0.15) is 0 Å². The van der Waals surface area contributed by atoms with E-state index in [9.17, 15) is 22.8 Å². The van der Waals surface area contributed by atoms with Gasteiger partial charge in [-0.1, -0.05) is 35.9 Å². The number of alkyl halides is 3. The van der Waals surface area contributed by atoms with Crippen LogP contribution >= 0.6 is 11.6 Å². The summed E-state index contributed by atoms with van der Waals surface area (Å²) in [6.07, 6.45) is -4.70. The van der Waals surface area contributed by atoms with Crippen molar-refractivity contribution in [3.63, 3.8) is 0 Å². The molecule has 0 fully saturated rings. The van der Waals surface area contributed by atoms with E-state index in [0.717, 1.165) is 17.7 Å². The molecule has 0 bridgehead atoms. The Kier molecular flexibility index (Phi) is 6.26. The lowest BCUT2D eigenvalue weighted by Gasteiger charge is -2.15. The molecule has 0 saturated heterocycles. The number of halogens is 4. The third-order valence-electron chi connectivity index (χ3n) is 3.51. The van der Waals surface area contributed by atoms with Crippen LogP contribution in [0.25, 0.3) is 0 Å². The fraction of sp³-hybridized carbons (Fsp3) is 0.222.